The van der Waals surface area contributed by atoms with Crippen LogP contribution in [0.3, 0.4) is 0 Å². The van der Waals surface area contributed by atoms with Gasteiger partial charge in [0.15, 0.2) is 0 Å². The SMILES string of the molecule is C[C@H]1CNCCN1C(=O)C1CC1c1ccc(Cl)cc1Cl. The largest absolute Gasteiger partial charge is 0.337 e. The Morgan fingerprint density at radius 2 is 2.20 bits per heavy atom. The minimum atomic E-state index is 0.0919. The molecule has 1 aliphatic heterocycles. The number of amides is 1. The first-order chi connectivity index (χ1) is 9.58. The number of halogens is 2. The molecule has 1 saturated carbocycles. The van der Waals surface area contributed by atoms with Gasteiger partial charge in [-0.3, -0.25) is 4.79 Å². The summed E-state index contributed by atoms with van der Waals surface area (Å²) in [5.41, 5.74) is 1.05. The first-order valence-corrected chi connectivity index (χ1v) is 7.79. The molecule has 2 aliphatic rings. The summed E-state index contributed by atoms with van der Waals surface area (Å²) in [5.74, 6) is 0.624. The predicted molar refractivity (Wildman–Crippen MR) is 81.4 cm³/mol. The molecule has 1 N–H and O–H groups in total. The van der Waals surface area contributed by atoms with Gasteiger partial charge in [0.25, 0.3) is 0 Å². The molecular formula is C15H18Cl2N2O. The van der Waals surface area contributed by atoms with Crippen molar-refractivity contribution < 1.29 is 4.79 Å². The van der Waals surface area contributed by atoms with E-state index in [1.54, 1.807) is 6.07 Å². The van der Waals surface area contributed by atoms with Gasteiger partial charge in [0, 0.05) is 41.6 Å². The molecule has 1 heterocycles. The Bertz CT molecular complexity index is 535. The van der Waals surface area contributed by atoms with Crippen LogP contribution < -0.4 is 5.32 Å². The van der Waals surface area contributed by atoms with Crippen LogP contribution in [-0.4, -0.2) is 36.5 Å². The molecule has 2 unspecified atom stereocenters. The van der Waals surface area contributed by atoms with E-state index >= 15 is 0 Å². The van der Waals surface area contributed by atoms with Gasteiger partial charge in [0.05, 0.1) is 0 Å². The molecule has 1 amide bonds. The second kappa shape index (κ2) is 5.55. The minimum Gasteiger partial charge on any atom is -0.337 e. The second-order valence-corrected chi connectivity index (χ2v) is 6.54. The number of nitrogens with one attached hydrogen (secondary N) is 1. The van der Waals surface area contributed by atoms with Gasteiger partial charge in [0.2, 0.25) is 5.91 Å². The molecule has 0 aromatic heterocycles. The van der Waals surface area contributed by atoms with Gasteiger partial charge in [-0.05, 0) is 37.0 Å². The van der Waals surface area contributed by atoms with Crippen LogP contribution in [0, 0.1) is 5.92 Å². The highest BCUT2D eigenvalue weighted by molar-refractivity contribution is 6.35. The Labute approximate surface area is 129 Å². The number of hydrogen-bond donors (Lipinski definition) is 1. The minimum absolute atomic E-state index is 0.0919. The van der Waals surface area contributed by atoms with Crippen molar-refractivity contribution >= 4 is 29.1 Å². The molecule has 2 fully saturated rings. The topological polar surface area (TPSA) is 32.3 Å². The molecule has 0 radical (unpaired) electrons. The van der Waals surface area contributed by atoms with Gasteiger partial charge in [0.1, 0.15) is 0 Å². The molecule has 20 heavy (non-hydrogen) atoms. The van der Waals surface area contributed by atoms with Crippen molar-refractivity contribution in [3.8, 4) is 0 Å². The predicted octanol–water partition coefficient (Wildman–Crippen LogP) is 2.92. The highest BCUT2D eigenvalue weighted by Gasteiger charge is 2.47. The smallest absolute Gasteiger partial charge is 0.226 e. The van der Waals surface area contributed by atoms with Crippen molar-refractivity contribution in [1.29, 1.82) is 0 Å². The van der Waals surface area contributed by atoms with E-state index in [4.69, 9.17) is 23.2 Å². The average molecular weight is 313 g/mol. The first kappa shape index (κ1) is 14.2. The highest BCUT2D eigenvalue weighted by atomic mass is 35.5. The molecule has 1 saturated heterocycles. The summed E-state index contributed by atoms with van der Waals surface area (Å²) in [6.07, 6.45) is 0.900. The lowest BCUT2D eigenvalue weighted by Gasteiger charge is -2.34. The zero-order chi connectivity index (χ0) is 14.3. The van der Waals surface area contributed by atoms with Crippen LogP contribution in [-0.2, 0) is 4.79 Å². The van der Waals surface area contributed by atoms with Crippen LogP contribution in [0.4, 0.5) is 0 Å². The van der Waals surface area contributed by atoms with E-state index in [0.29, 0.717) is 10.0 Å². The summed E-state index contributed by atoms with van der Waals surface area (Å²) >= 11 is 12.1. The number of nitrogens with zero attached hydrogens (tertiary/aromatic N) is 1. The molecule has 3 rings (SSSR count). The normalized spacial score (nSPS) is 29.4. The average Bonchev–Trinajstić information content (AvgIpc) is 3.18. The van der Waals surface area contributed by atoms with Gasteiger partial charge in [-0.1, -0.05) is 29.3 Å². The second-order valence-electron chi connectivity index (χ2n) is 5.70. The van der Waals surface area contributed by atoms with Crippen molar-refractivity contribution in [3.63, 3.8) is 0 Å². The number of piperazine rings is 1. The van der Waals surface area contributed by atoms with E-state index in [1.165, 1.54) is 0 Å². The highest BCUT2D eigenvalue weighted by Crippen LogP contribution is 2.51. The fourth-order valence-electron chi connectivity index (χ4n) is 3.00. The van der Waals surface area contributed by atoms with Gasteiger partial charge < -0.3 is 10.2 Å². The Morgan fingerprint density at radius 1 is 1.40 bits per heavy atom. The maximum atomic E-state index is 12.6. The lowest BCUT2D eigenvalue weighted by atomic mass is 10.1. The third-order valence-electron chi connectivity index (χ3n) is 4.25. The molecule has 108 valence electrons. The lowest BCUT2D eigenvalue weighted by Crippen LogP contribution is -2.52. The van der Waals surface area contributed by atoms with Crippen molar-refractivity contribution in [3.05, 3.63) is 33.8 Å². The van der Waals surface area contributed by atoms with Gasteiger partial charge in [-0.25, -0.2) is 0 Å². The van der Waals surface area contributed by atoms with Crippen LogP contribution in [0.15, 0.2) is 18.2 Å². The lowest BCUT2D eigenvalue weighted by molar-refractivity contribution is -0.135. The summed E-state index contributed by atoms with van der Waals surface area (Å²) in [4.78, 5) is 14.6. The number of rotatable bonds is 2. The van der Waals surface area contributed by atoms with Crippen molar-refractivity contribution in [2.75, 3.05) is 19.6 Å². The molecule has 1 aromatic rings. The molecule has 3 atom stereocenters. The molecular weight excluding hydrogens is 295 g/mol. The van der Waals surface area contributed by atoms with Crippen molar-refractivity contribution in [2.45, 2.75) is 25.3 Å². The number of benzene rings is 1. The molecule has 5 heteroatoms. The van der Waals surface area contributed by atoms with E-state index < -0.39 is 0 Å². The summed E-state index contributed by atoms with van der Waals surface area (Å²) in [7, 11) is 0. The maximum Gasteiger partial charge on any atom is 0.226 e. The van der Waals surface area contributed by atoms with E-state index in [0.717, 1.165) is 31.6 Å². The molecule has 0 spiro atoms. The number of hydrogen-bond acceptors (Lipinski definition) is 2. The van der Waals surface area contributed by atoms with E-state index in [1.807, 2.05) is 17.0 Å². The van der Waals surface area contributed by atoms with Crippen LogP contribution in [0.1, 0.15) is 24.8 Å². The number of carbonyl (C=O) groups is 1. The first-order valence-electron chi connectivity index (χ1n) is 7.04. The molecule has 0 bridgehead atoms. The zero-order valence-corrected chi connectivity index (χ0v) is 12.9. The summed E-state index contributed by atoms with van der Waals surface area (Å²) in [6.45, 7) is 4.66. The summed E-state index contributed by atoms with van der Waals surface area (Å²) in [5, 5.41) is 4.62. The molecule has 1 aliphatic carbocycles. The number of carbonyl (C=O) groups excluding carboxylic acids is 1. The quantitative estimate of drug-likeness (QED) is 0.910. The Kier molecular flexibility index (Phi) is 3.93. The third kappa shape index (κ3) is 2.67. The summed E-state index contributed by atoms with van der Waals surface area (Å²) < 4.78 is 0. The van der Waals surface area contributed by atoms with Crippen LogP contribution in [0.5, 0.6) is 0 Å². The summed E-state index contributed by atoms with van der Waals surface area (Å²) in [6, 6.07) is 5.82. The maximum absolute atomic E-state index is 12.6. The monoisotopic (exact) mass is 312 g/mol. The molecule has 3 nitrogen and oxygen atoms in total. The zero-order valence-electron chi connectivity index (χ0n) is 11.4. The standard InChI is InChI=1S/C15H18Cl2N2O/c1-9-8-18-4-5-19(9)15(20)13-7-12(13)11-3-2-10(16)6-14(11)17/h2-3,6,9,12-13,18H,4-5,7-8H2,1H3/t9-,12?,13?/m0/s1. The van der Waals surface area contributed by atoms with E-state index in [-0.39, 0.29) is 23.8 Å². The van der Waals surface area contributed by atoms with Crippen LogP contribution in [0.2, 0.25) is 10.0 Å². The van der Waals surface area contributed by atoms with Crippen molar-refractivity contribution in [2.24, 2.45) is 5.92 Å². The van der Waals surface area contributed by atoms with E-state index in [2.05, 4.69) is 12.2 Å². The van der Waals surface area contributed by atoms with E-state index in [9.17, 15) is 4.79 Å². The molecule has 1 aromatic carbocycles. The van der Waals surface area contributed by atoms with Gasteiger partial charge in [-0.15, -0.1) is 0 Å². The fourth-order valence-corrected chi connectivity index (χ4v) is 3.54. The Morgan fingerprint density at radius 3 is 2.90 bits per heavy atom. The van der Waals surface area contributed by atoms with Crippen molar-refractivity contribution in [1.82, 2.24) is 10.2 Å². The Hall–Kier alpha value is -0.770. The van der Waals surface area contributed by atoms with Gasteiger partial charge >= 0.3 is 0 Å². The van der Waals surface area contributed by atoms with Gasteiger partial charge in [-0.2, -0.15) is 0 Å². The third-order valence-corrected chi connectivity index (χ3v) is 4.82. The Balaban J connectivity index is 1.70. The van der Waals surface area contributed by atoms with Crippen LogP contribution in [0.25, 0.3) is 0 Å². The fraction of sp³-hybridized carbons (Fsp3) is 0.533. The van der Waals surface area contributed by atoms with Crippen LogP contribution >= 0.6 is 23.2 Å².